The van der Waals surface area contributed by atoms with Crippen LogP contribution in [0.2, 0.25) is 0 Å². The Bertz CT molecular complexity index is 1790. The zero-order chi connectivity index (χ0) is 30.9. The fourth-order valence-corrected chi connectivity index (χ4v) is 5.97. The monoisotopic (exact) mass is 612 g/mol. The summed E-state index contributed by atoms with van der Waals surface area (Å²) in [6.07, 6.45) is -0.748. The fourth-order valence-electron chi connectivity index (χ4n) is 5.97. The summed E-state index contributed by atoms with van der Waals surface area (Å²) in [6.45, 7) is 3.53. The Balaban J connectivity index is 1.27. The number of carbonyl (C=O) groups excluding carboxylic acids is 2. The van der Waals surface area contributed by atoms with E-state index in [-0.39, 0.29) is 41.0 Å². The van der Waals surface area contributed by atoms with Crippen molar-refractivity contribution in [1.82, 2.24) is 20.0 Å². The molecule has 12 heteroatoms. The lowest BCUT2D eigenvalue weighted by Crippen LogP contribution is -2.46. The van der Waals surface area contributed by atoms with Crippen LogP contribution in [0.1, 0.15) is 27.9 Å². The van der Waals surface area contributed by atoms with Crippen LogP contribution in [0, 0.1) is 11.6 Å². The van der Waals surface area contributed by atoms with Gasteiger partial charge in [0.25, 0.3) is 11.8 Å². The Morgan fingerprint density at radius 2 is 1.64 bits per heavy atom. The van der Waals surface area contributed by atoms with Gasteiger partial charge in [0, 0.05) is 42.4 Å². The molecule has 2 atom stereocenters. The molecule has 0 saturated carbocycles. The number of halogens is 2. The smallest absolute Gasteiger partial charge is 0.269 e. The van der Waals surface area contributed by atoms with Crippen LogP contribution in [0.25, 0.3) is 11.3 Å². The highest BCUT2D eigenvalue weighted by Gasteiger charge is 2.35. The van der Waals surface area contributed by atoms with Crippen LogP contribution in [0.15, 0.2) is 77.8 Å². The number of anilines is 1. The van der Waals surface area contributed by atoms with E-state index in [0.717, 1.165) is 13.1 Å². The van der Waals surface area contributed by atoms with Gasteiger partial charge < -0.3 is 20.1 Å². The Morgan fingerprint density at radius 1 is 0.911 bits per heavy atom. The summed E-state index contributed by atoms with van der Waals surface area (Å²) in [5, 5.41) is 9.93. The Morgan fingerprint density at radius 3 is 2.44 bits per heavy atom. The van der Waals surface area contributed by atoms with Crippen molar-refractivity contribution in [3.8, 4) is 17.1 Å². The molecule has 0 bridgehead atoms. The molecule has 1 unspecified atom stereocenters. The van der Waals surface area contributed by atoms with Crippen molar-refractivity contribution in [3.05, 3.63) is 101 Å². The van der Waals surface area contributed by atoms with Crippen molar-refractivity contribution >= 4 is 23.2 Å². The molecule has 230 valence electrons. The molecule has 10 nitrogen and oxygen atoms in total. The molecule has 0 spiro atoms. The normalized spacial score (nSPS) is 20.0. The van der Waals surface area contributed by atoms with Crippen molar-refractivity contribution in [2.75, 3.05) is 38.2 Å². The number of aryl methyl sites for hydroxylation is 1. The number of nitrogens with one attached hydrogen (secondary N) is 2. The highest BCUT2D eigenvalue weighted by Crippen LogP contribution is 2.35. The highest BCUT2D eigenvalue weighted by molar-refractivity contribution is 6.20. The third-order valence-electron chi connectivity index (χ3n) is 8.25. The van der Waals surface area contributed by atoms with Gasteiger partial charge >= 0.3 is 0 Å². The molecule has 3 aromatic carbocycles. The highest BCUT2D eigenvalue weighted by atomic mass is 19.1. The van der Waals surface area contributed by atoms with E-state index in [1.54, 1.807) is 47.1 Å². The van der Waals surface area contributed by atoms with Crippen molar-refractivity contribution in [2.45, 2.75) is 25.2 Å². The number of nitrogens with zero attached hydrogens (tertiary/aromatic N) is 4. The molecular weight excluding hydrogens is 582 g/mol. The van der Waals surface area contributed by atoms with Gasteiger partial charge in [0.05, 0.1) is 24.6 Å². The SMILES string of the molecule is O=C(N[C@@H]1N=C(c2ccccc2)c2cccc(F)c2NC1=O)c1c(-c2ccccc2F)nn2c1OCC(N1CCOCC1)CC2. The van der Waals surface area contributed by atoms with Crippen molar-refractivity contribution in [3.63, 3.8) is 0 Å². The average molecular weight is 613 g/mol. The van der Waals surface area contributed by atoms with Gasteiger partial charge in [-0.3, -0.25) is 14.5 Å². The molecule has 4 heterocycles. The summed E-state index contributed by atoms with van der Waals surface area (Å²) in [6, 6.07) is 19.5. The fraction of sp³-hybridized carbons (Fsp3) is 0.273. The predicted octanol–water partition coefficient (Wildman–Crippen LogP) is 3.86. The van der Waals surface area contributed by atoms with Crippen LogP contribution in [0.5, 0.6) is 5.88 Å². The molecule has 1 aromatic heterocycles. The third kappa shape index (κ3) is 5.58. The van der Waals surface area contributed by atoms with Gasteiger partial charge in [-0.05, 0) is 24.6 Å². The number of benzodiazepines with no additional fused rings is 1. The summed E-state index contributed by atoms with van der Waals surface area (Å²) in [7, 11) is 0. The number of para-hydroxylation sites is 1. The van der Waals surface area contributed by atoms with Crippen LogP contribution in [0.4, 0.5) is 14.5 Å². The second kappa shape index (κ2) is 12.2. The number of aliphatic imine (C=N–C) groups is 1. The summed E-state index contributed by atoms with van der Waals surface area (Å²) < 4.78 is 43.4. The quantitative estimate of drug-likeness (QED) is 0.355. The molecule has 1 fully saturated rings. The van der Waals surface area contributed by atoms with Crippen LogP contribution < -0.4 is 15.4 Å². The van der Waals surface area contributed by atoms with Gasteiger partial charge in [-0.1, -0.05) is 54.6 Å². The van der Waals surface area contributed by atoms with Gasteiger partial charge in [-0.15, -0.1) is 0 Å². The van der Waals surface area contributed by atoms with E-state index in [1.807, 2.05) is 6.07 Å². The molecular formula is C33H30F2N6O4. The molecule has 7 rings (SSSR count). The minimum atomic E-state index is -1.45. The Hall–Kier alpha value is -4.94. The predicted molar refractivity (Wildman–Crippen MR) is 162 cm³/mol. The largest absolute Gasteiger partial charge is 0.476 e. The Labute approximate surface area is 257 Å². The lowest BCUT2D eigenvalue weighted by Gasteiger charge is -2.33. The van der Waals surface area contributed by atoms with E-state index in [0.29, 0.717) is 43.0 Å². The van der Waals surface area contributed by atoms with Gasteiger partial charge in [-0.25, -0.2) is 18.5 Å². The van der Waals surface area contributed by atoms with E-state index >= 15 is 4.39 Å². The first kappa shape index (κ1) is 28.8. The third-order valence-corrected chi connectivity index (χ3v) is 8.25. The topological polar surface area (TPSA) is 110 Å². The molecule has 3 aliphatic heterocycles. The first-order chi connectivity index (χ1) is 22.0. The van der Waals surface area contributed by atoms with E-state index in [2.05, 4.69) is 25.6 Å². The minimum absolute atomic E-state index is 0.0140. The number of hydrogen-bond donors (Lipinski definition) is 2. The van der Waals surface area contributed by atoms with Gasteiger partial charge in [0.1, 0.15) is 29.5 Å². The van der Waals surface area contributed by atoms with Crippen LogP contribution >= 0.6 is 0 Å². The number of carbonyl (C=O) groups is 2. The van der Waals surface area contributed by atoms with Crippen molar-refractivity contribution in [1.29, 1.82) is 0 Å². The molecule has 2 amide bonds. The second-order valence-electron chi connectivity index (χ2n) is 11.0. The van der Waals surface area contributed by atoms with E-state index in [4.69, 9.17) is 9.47 Å². The zero-order valence-electron chi connectivity index (χ0n) is 24.2. The molecule has 45 heavy (non-hydrogen) atoms. The number of rotatable bonds is 5. The maximum Gasteiger partial charge on any atom is 0.269 e. The lowest BCUT2D eigenvalue weighted by atomic mass is 10.0. The van der Waals surface area contributed by atoms with Crippen molar-refractivity contribution in [2.24, 2.45) is 4.99 Å². The molecule has 3 aliphatic rings. The number of aromatic nitrogens is 2. The van der Waals surface area contributed by atoms with Gasteiger partial charge in [-0.2, -0.15) is 5.10 Å². The number of amides is 2. The molecule has 0 radical (unpaired) electrons. The summed E-state index contributed by atoms with van der Waals surface area (Å²) in [5.41, 5.74) is 1.47. The standard InChI is InChI=1S/C33H30F2N6O4/c34-24-11-5-4-9-22(24)29-26(33-41(39-29)14-13-21(19-45-33)40-15-17-44-18-16-40)31(42)38-30-32(43)37-28-23(10-6-12-25(28)35)27(36-30)20-7-2-1-3-8-20/h1-12,21,30H,13-19H2,(H,37,43)(H,38,42)/t21?,30-/m0/s1. The first-order valence-corrected chi connectivity index (χ1v) is 14.8. The number of morpholine rings is 1. The van der Waals surface area contributed by atoms with E-state index in [1.165, 1.54) is 24.3 Å². The Kier molecular flexibility index (Phi) is 7.82. The van der Waals surface area contributed by atoms with Crippen LogP contribution in [-0.2, 0) is 16.1 Å². The zero-order valence-corrected chi connectivity index (χ0v) is 24.2. The lowest BCUT2D eigenvalue weighted by molar-refractivity contribution is -0.117. The second-order valence-corrected chi connectivity index (χ2v) is 11.0. The minimum Gasteiger partial charge on any atom is -0.476 e. The summed E-state index contributed by atoms with van der Waals surface area (Å²) in [5.74, 6) is -2.49. The number of benzene rings is 3. The number of hydrogen-bond acceptors (Lipinski definition) is 7. The first-order valence-electron chi connectivity index (χ1n) is 14.8. The van der Waals surface area contributed by atoms with Crippen molar-refractivity contribution < 1.29 is 27.8 Å². The molecule has 4 aromatic rings. The van der Waals surface area contributed by atoms with Crippen LogP contribution in [0.3, 0.4) is 0 Å². The molecule has 2 N–H and O–H groups in total. The summed E-state index contributed by atoms with van der Waals surface area (Å²) >= 11 is 0. The molecule has 1 saturated heterocycles. The summed E-state index contributed by atoms with van der Waals surface area (Å²) in [4.78, 5) is 34.5. The van der Waals surface area contributed by atoms with E-state index in [9.17, 15) is 14.0 Å². The molecule has 0 aliphatic carbocycles. The van der Waals surface area contributed by atoms with Gasteiger partial charge in [0.2, 0.25) is 12.0 Å². The number of ether oxygens (including phenoxy) is 2. The van der Waals surface area contributed by atoms with Crippen LogP contribution in [-0.4, -0.2) is 77.3 Å². The maximum atomic E-state index is 15.1. The van der Waals surface area contributed by atoms with E-state index < -0.39 is 29.6 Å². The number of fused-ring (bicyclic) bond motifs is 2. The maximum absolute atomic E-state index is 15.1. The average Bonchev–Trinajstić information content (AvgIpc) is 3.20. The van der Waals surface area contributed by atoms with Gasteiger partial charge in [0.15, 0.2) is 0 Å².